The molecule has 0 spiro atoms. The molecule has 0 amide bonds. The monoisotopic (exact) mass is 250 g/mol. The first-order valence-corrected chi connectivity index (χ1v) is 7.01. The molecule has 0 aliphatic carbocycles. The van der Waals surface area contributed by atoms with Crippen LogP contribution in [0, 0.1) is 0 Å². The van der Waals surface area contributed by atoms with Gasteiger partial charge in [0.2, 0.25) is 0 Å². The Morgan fingerprint density at radius 2 is 2.07 bits per heavy atom. The minimum atomic E-state index is -2.84. The SMILES string of the molecule is O=S1(=O)CCC(n2nnnc2CCl)CC1. The lowest BCUT2D eigenvalue weighted by molar-refractivity contribution is 0.396. The molecule has 6 nitrogen and oxygen atoms in total. The topological polar surface area (TPSA) is 77.7 Å². The van der Waals surface area contributed by atoms with Crippen LogP contribution in [0.1, 0.15) is 24.7 Å². The van der Waals surface area contributed by atoms with E-state index in [0.717, 1.165) is 0 Å². The molecule has 1 fully saturated rings. The Hall–Kier alpha value is -0.690. The third kappa shape index (κ3) is 2.28. The average Bonchev–Trinajstić information content (AvgIpc) is 2.65. The quantitative estimate of drug-likeness (QED) is 0.699. The number of hydrogen-bond donors (Lipinski definition) is 0. The molecule has 1 aliphatic rings. The van der Waals surface area contributed by atoms with Crippen LogP contribution in [0.4, 0.5) is 0 Å². The van der Waals surface area contributed by atoms with Gasteiger partial charge < -0.3 is 0 Å². The molecule has 0 aromatic carbocycles. The lowest BCUT2D eigenvalue weighted by atomic mass is 10.1. The van der Waals surface area contributed by atoms with Gasteiger partial charge in [-0.15, -0.1) is 16.7 Å². The van der Waals surface area contributed by atoms with E-state index in [0.29, 0.717) is 18.7 Å². The van der Waals surface area contributed by atoms with Crippen LogP contribution < -0.4 is 0 Å². The third-order valence-corrected chi connectivity index (χ3v) is 4.50. The second kappa shape index (κ2) is 4.05. The second-order valence-electron chi connectivity index (χ2n) is 3.56. The summed E-state index contributed by atoms with van der Waals surface area (Å²) < 4.78 is 24.1. The zero-order chi connectivity index (χ0) is 10.9. The van der Waals surface area contributed by atoms with Crippen molar-refractivity contribution in [2.24, 2.45) is 0 Å². The maximum Gasteiger partial charge on any atom is 0.166 e. The van der Waals surface area contributed by atoms with Crippen LogP contribution in [0.3, 0.4) is 0 Å². The fourth-order valence-electron chi connectivity index (χ4n) is 1.71. The first kappa shape index (κ1) is 10.8. The zero-order valence-corrected chi connectivity index (χ0v) is 9.58. The van der Waals surface area contributed by atoms with Crippen molar-refractivity contribution < 1.29 is 8.42 Å². The van der Waals surface area contributed by atoms with Gasteiger partial charge in [0.1, 0.15) is 9.84 Å². The largest absolute Gasteiger partial charge is 0.229 e. The van der Waals surface area contributed by atoms with Gasteiger partial charge >= 0.3 is 0 Å². The molecular formula is C7H11ClN4O2S. The molecule has 0 saturated carbocycles. The second-order valence-corrected chi connectivity index (χ2v) is 6.13. The van der Waals surface area contributed by atoms with Crippen LogP contribution in [-0.4, -0.2) is 40.1 Å². The van der Waals surface area contributed by atoms with E-state index < -0.39 is 9.84 Å². The minimum absolute atomic E-state index is 0.0669. The molecule has 0 radical (unpaired) electrons. The van der Waals surface area contributed by atoms with E-state index in [4.69, 9.17) is 11.6 Å². The van der Waals surface area contributed by atoms with E-state index in [2.05, 4.69) is 15.5 Å². The number of rotatable bonds is 2. The van der Waals surface area contributed by atoms with Gasteiger partial charge in [-0.05, 0) is 23.3 Å². The number of halogens is 1. The normalized spacial score (nSPS) is 21.7. The predicted molar refractivity (Wildman–Crippen MR) is 54.3 cm³/mol. The van der Waals surface area contributed by atoms with Crippen molar-refractivity contribution in [1.29, 1.82) is 0 Å². The van der Waals surface area contributed by atoms with Gasteiger partial charge in [0.15, 0.2) is 5.82 Å². The molecule has 2 rings (SSSR count). The summed E-state index contributed by atoms with van der Waals surface area (Å²) in [7, 11) is -2.84. The summed E-state index contributed by atoms with van der Waals surface area (Å²) in [6, 6.07) is 0.0669. The van der Waals surface area contributed by atoms with Crippen molar-refractivity contribution in [3.8, 4) is 0 Å². The van der Waals surface area contributed by atoms with E-state index >= 15 is 0 Å². The standard InChI is InChI=1S/C7H11ClN4O2S/c8-5-7-9-10-11-12(7)6-1-3-15(13,14)4-2-6/h6H,1-5H2. The summed E-state index contributed by atoms with van der Waals surface area (Å²) in [6.45, 7) is 0. The van der Waals surface area contributed by atoms with Gasteiger partial charge in [0.25, 0.3) is 0 Å². The van der Waals surface area contributed by atoms with Crippen LogP contribution in [0.25, 0.3) is 0 Å². The Morgan fingerprint density at radius 3 is 2.67 bits per heavy atom. The van der Waals surface area contributed by atoms with Gasteiger partial charge in [-0.2, -0.15) is 0 Å². The summed E-state index contributed by atoms with van der Waals surface area (Å²) in [5.74, 6) is 1.26. The van der Waals surface area contributed by atoms with Crippen molar-refractivity contribution in [2.75, 3.05) is 11.5 Å². The summed E-state index contributed by atoms with van der Waals surface area (Å²) in [6.07, 6.45) is 1.13. The fourth-order valence-corrected chi connectivity index (χ4v) is 3.35. The van der Waals surface area contributed by atoms with E-state index in [-0.39, 0.29) is 23.4 Å². The highest BCUT2D eigenvalue weighted by Crippen LogP contribution is 2.23. The van der Waals surface area contributed by atoms with Crippen LogP contribution in [-0.2, 0) is 15.7 Å². The van der Waals surface area contributed by atoms with Gasteiger partial charge in [0.05, 0.1) is 23.4 Å². The first-order valence-electron chi connectivity index (χ1n) is 4.65. The third-order valence-electron chi connectivity index (χ3n) is 2.55. The van der Waals surface area contributed by atoms with Crippen LogP contribution in [0.2, 0.25) is 0 Å². The lowest BCUT2D eigenvalue weighted by Gasteiger charge is -2.22. The minimum Gasteiger partial charge on any atom is -0.229 e. The van der Waals surface area contributed by atoms with Crippen LogP contribution in [0.5, 0.6) is 0 Å². The summed E-state index contributed by atoms with van der Waals surface area (Å²) >= 11 is 5.67. The summed E-state index contributed by atoms with van der Waals surface area (Å²) in [4.78, 5) is 0. The van der Waals surface area contributed by atoms with Gasteiger partial charge in [-0.25, -0.2) is 13.1 Å². The van der Waals surface area contributed by atoms with Crippen molar-refractivity contribution in [2.45, 2.75) is 24.8 Å². The molecule has 0 bridgehead atoms. The molecule has 1 aromatic rings. The fraction of sp³-hybridized carbons (Fsp3) is 0.857. The molecule has 2 heterocycles. The van der Waals surface area contributed by atoms with Gasteiger partial charge in [-0.1, -0.05) is 0 Å². The first-order chi connectivity index (χ1) is 7.12. The number of aromatic nitrogens is 4. The molecule has 0 N–H and O–H groups in total. The van der Waals surface area contributed by atoms with E-state index in [1.165, 1.54) is 0 Å². The highest BCUT2D eigenvalue weighted by molar-refractivity contribution is 7.91. The number of nitrogens with zero attached hydrogens (tertiary/aromatic N) is 4. The molecule has 1 aromatic heterocycles. The average molecular weight is 251 g/mol. The number of sulfone groups is 1. The molecule has 15 heavy (non-hydrogen) atoms. The molecule has 0 unspecified atom stereocenters. The molecule has 84 valence electrons. The molecular weight excluding hydrogens is 240 g/mol. The Kier molecular flexibility index (Phi) is 2.92. The predicted octanol–water partition coefficient (Wildman–Crippen LogP) is 0.162. The highest BCUT2D eigenvalue weighted by Gasteiger charge is 2.26. The van der Waals surface area contributed by atoms with E-state index in [1.807, 2.05) is 0 Å². The zero-order valence-electron chi connectivity index (χ0n) is 8.00. The van der Waals surface area contributed by atoms with Crippen molar-refractivity contribution in [1.82, 2.24) is 20.2 Å². The lowest BCUT2D eigenvalue weighted by Crippen LogP contribution is -2.27. The van der Waals surface area contributed by atoms with E-state index in [1.54, 1.807) is 4.68 Å². The van der Waals surface area contributed by atoms with Crippen LogP contribution in [0.15, 0.2) is 0 Å². The van der Waals surface area contributed by atoms with E-state index in [9.17, 15) is 8.42 Å². The number of tetrazole rings is 1. The number of alkyl halides is 1. The smallest absolute Gasteiger partial charge is 0.166 e. The molecule has 0 atom stereocenters. The summed E-state index contributed by atoms with van der Waals surface area (Å²) in [5.41, 5.74) is 0. The summed E-state index contributed by atoms with van der Waals surface area (Å²) in [5, 5.41) is 11.1. The van der Waals surface area contributed by atoms with Crippen molar-refractivity contribution >= 4 is 21.4 Å². The molecule has 1 saturated heterocycles. The van der Waals surface area contributed by atoms with Crippen molar-refractivity contribution in [3.05, 3.63) is 5.82 Å². The Balaban J connectivity index is 2.14. The maximum absolute atomic E-state index is 11.2. The molecule has 8 heteroatoms. The molecule has 1 aliphatic heterocycles. The van der Waals surface area contributed by atoms with Crippen molar-refractivity contribution in [3.63, 3.8) is 0 Å². The Morgan fingerprint density at radius 1 is 1.40 bits per heavy atom. The Labute approximate surface area is 92.5 Å². The maximum atomic E-state index is 11.2. The van der Waals surface area contributed by atoms with Crippen LogP contribution >= 0.6 is 11.6 Å². The highest BCUT2D eigenvalue weighted by atomic mass is 35.5. The number of hydrogen-bond acceptors (Lipinski definition) is 5. The van der Waals surface area contributed by atoms with Gasteiger partial charge in [0, 0.05) is 0 Å². The Bertz CT molecular complexity index is 430. The van der Waals surface area contributed by atoms with Gasteiger partial charge in [-0.3, -0.25) is 0 Å².